The summed E-state index contributed by atoms with van der Waals surface area (Å²) in [4.78, 5) is 12.5. The number of hydrogen-bond donors (Lipinski definition) is 1. The van der Waals surface area contributed by atoms with Gasteiger partial charge in [-0.3, -0.25) is 4.79 Å². The number of ether oxygens (including phenoxy) is 2. The summed E-state index contributed by atoms with van der Waals surface area (Å²) >= 11 is 0. The summed E-state index contributed by atoms with van der Waals surface area (Å²) in [5.74, 6) is 0.359. The Morgan fingerprint density at radius 1 is 1.00 bits per heavy atom. The zero-order valence-electron chi connectivity index (χ0n) is 16.1. The average Bonchev–Trinajstić information content (AvgIpc) is 2.60. The van der Waals surface area contributed by atoms with E-state index in [2.05, 4.69) is 25.2 Å². The number of nitrogens with one attached hydrogen (secondary N) is 1. The van der Waals surface area contributed by atoms with Crippen LogP contribution >= 0.6 is 0 Å². The van der Waals surface area contributed by atoms with Crippen LogP contribution < -0.4 is 14.8 Å². The van der Waals surface area contributed by atoms with Gasteiger partial charge in [0.05, 0.1) is 20.3 Å². The molecule has 1 N–H and O–H groups in total. The second kappa shape index (κ2) is 8.21. The Balaban J connectivity index is 2.26. The number of carbonyl (C=O) groups is 1. The summed E-state index contributed by atoms with van der Waals surface area (Å²) in [5, 5.41) is 2.93. The molecule has 2 rings (SSSR count). The van der Waals surface area contributed by atoms with E-state index in [-0.39, 0.29) is 23.3 Å². The highest BCUT2D eigenvalue weighted by molar-refractivity contribution is 5.94. The quantitative estimate of drug-likeness (QED) is 0.808. The molecule has 0 aliphatic carbocycles. The normalized spacial score (nSPS) is 12.0. The molecule has 4 nitrogen and oxygen atoms in total. The second-order valence-electron chi connectivity index (χ2n) is 6.65. The molecule has 1 amide bonds. The smallest absolute Gasteiger partial charge is 0.251 e. The van der Waals surface area contributed by atoms with E-state index in [1.54, 1.807) is 13.2 Å². The van der Waals surface area contributed by atoms with E-state index in [4.69, 9.17) is 9.47 Å². The highest BCUT2D eigenvalue weighted by atomic mass is 19.1. The predicted molar refractivity (Wildman–Crippen MR) is 101 cm³/mol. The lowest BCUT2D eigenvalue weighted by Crippen LogP contribution is -2.27. The van der Waals surface area contributed by atoms with Crippen molar-refractivity contribution >= 4 is 5.91 Å². The summed E-state index contributed by atoms with van der Waals surface area (Å²) in [6.45, 7) is 8.09. The van der Waals surface area contributed by atoms with Crippen LogP contribution in [0, 0.1) is 12.7 Å². The molecule has 0 aliphatic rings. The standard InChI is InChI=1S/C21H26FNO3/c1-12(2)16-11-17(13(3)9-20(16)26-6)14(4)23-21(24)15-7-8-19(25-5)18(22)10-15/h7-12,14H,1-6H3,(H,23,24)/t14-/m1/s1. The van der Waals surface area contributed by atoms with Gasteiger partial charge in [0.15, 0.2) is 11.6 Å². The Labute approximate surface area is 154 Å². The molecule has 5 heteroatoms. The van der Waals surface area contributed by atoms with Gasteiger partial charge in [0.2, 0.25) is 0 Å². The van der Waals surface area contributed by atoms with E-state index in [0.29, 0.717) is 5.92 Å². The maximum atomic E-state index is 13.8. The molecule has 0 bridgehead atoms. The first-order valence-corrected chi connectivity index (χ1v) is 8.61. The SMILES string of the molecule is COc1ccc(C(=O)N[C@H](C)c2cc(C(C)C)c(OC)cc2C)cc1F. The van der Waals surface area contributed by atoms with E-state index in [0.717, 1.165) is 22.4 Å². The van der Waals surface area contributed by atoms with Crippen LogP contribution in [0.3, 0.4) is 0 Å². The summed E-state index contributed by atoms with van der Waals surface area (Å²) in [6, 6.07) is 8.01. The molecule has 2 aromatic carbocycles. The van der Waals surface area contributed by atoms with Crippen LogP contribution in [0.1, 0.15) is 59.8 Å². The fourth-order valence-corrected chi connectivity index (χ4v) is 2.98. The molecule has 0 spiro atoms. The lowest BCUT2D eigenvalue weighted by Gasteiger charge is -2.21. The van der Waals surface area contributed by atoms with Crippen molar-refractivity contribution in [3.8, 4) is 11.5 Å². The Kier molecular flexibility index (Phi) is 6.24. The number of amides is 1. The first-order chi connectivity index (χ1) is 12.3. The van der Waals surface area contributed by atoms with Crippen LogP contribution in [0.2, 0.25) is 0 Å². The lowest BCUT2D eigenvalue weighted by molar-refractivity contribution is 0.0939. The van der Waals surface area contributed by atoms with Crippen LogP contribution in [-0.2, 0) is 0 Å². The Morgan fingerprint density at radius 3 is 2.19 bits per heavy atom. The molecule has 0 heterocycles. The van der Waals surface area contributed by atoms with E-state index in [1.165, 1.54) is 19.2 Å². The Bertz CT molecular complexity index is 802. The van der Waals surface area contributed by atoms with Gasteiger partial charge in [-0.2, -0.15) is 0 Å². The fourth-order valence-electron chi connectivity index (χ4n) is 2.98. The number of halogens is 1. The number of aryl methyl sites for hydroxylation is 1. The minimum atomic E-state index is -0.560. The summed E-state index contributed by atoms with van der Waals surface area (Å²) < 4.78 is 24.2. The van der Waals surface area contributed by atoms with Gasteiger partial charge in [0.1, 0.15) is 5.75 Å². The molecule has 0 saturated carbocycles. The number of hydrogen-bond acceptors (Lipinski definition) is 3. The molecule has 0 aliphatic heterocycles. The highest BCUT2D eigenvalue weighted by Crippen LogP contribution is 2.32. The largest absolute Gasteiger partial charge is 0.496 e. The first kappa shape index (κ1) is 19.8. The third-order valence-corrected chi connectivity index (χ3v) is 4.47. The van der Waals surface area contributed by atoms with Gasteiger partial charge in [-0.25, -0.2) is 4.39 Å². The molecule has 1 atom stereocenters. The monoisotopic (exact) mass is 359 g/mol. The minimum Gasteiger partial charge on any atom is -0.496 e. The zero-order chi connectivity index (χ0) is 19.4. The second-order valence-corrected chi connectivity index (χ2v) is 6.65. The molecular formula is C21H26FNO3. The van der Waals surface area contributed by atoms with Gasteiger partial charge in [-0.1, -0.05) is 13.8 Å². The third-order valence-electron chi connectivity index (χ3n) is 4.47. The van der Waals surface area contributed by atoms with Crippen LogP contribution in [0.25, 0.3) is 0 Å². The van der Waals surface area contributed by atoms with Crippen molar-refractivity contribution in [3.05, 3.63) is 58.4 Å². The summed E-state index contributed by atoms with van der Waals surface area (Å²) in [6.07, 6.45) is 0. The van der Waals surface area contributed by atoms with Crippen molar-refractivity contribution in [3.63, 3.8) is 0 Å². The van der Waals surface area contributed by atoms with Crippen molar-refractivity contribution in [2.24, 2.45) is 0 Å². The van der Waals surface area contributed by atoms with Gasteiger partial charge in [0, 0.05) is 5.56 Å². The average molecular weight is 359 g/mol. The van der Waals surface area contributed by atoms with Crippen molar-refractivity contribution in [1.29, 1.82) is 0 Å². The van der Waals surface area contributed by atoms with Gasteiger partial charge >= 0.3 is 0 Å². The molecule has 0 fully saturated rings. The number of rotatable bonds is 6. The fraction of sp³-hybridized carbons (Fsp3) is 0.381. The number of methoxy groups -OCH3 is 2. The molecule has 140 valence electrons. The van der Waals surface area contributed by atoms with Crippen molar-refractivity contribution in [1.82, 2.24) is 5.32 Å². The van der Waals surface area contributed by atoms with Crippen LogP contribution in [-0.4, -0.2) is 20.1 Å². The van der Waals surface area contributed by atoms with E-state index >= 15 is 0 Å². The molecule has 0 saturated heterocycles. The maximum Gasteiger partial charge on any atom is 0.251 e. The van der Waals surface area contributed by atoms with Crippen LogP contribution in [0.5, 0.6) is 11.5 Å². The van der Waals surface area contributed by atoms with Crippen molar-refractivity contribution in [2.45, 2.75) is 39.7 Å². The Hall–Kier alpha value is -2.56. The van der Waals surface area contributed by atoms with E-state index < -0.39 is 5.82 Å². The van der Waals surface area contributed by atoms with Gasteiger partial charge in [0.25, 0.3) is 5.91 Å². The van der Waals surface area contributed by atoms with Crippen LogP contribution in [0.15, 0.2) is 30.3 Å². The predicted octanol–water partition coefficient (Wildman–Crippen LogP) is 4.77. The minimum absolute atomic E-state index is 0.113. The molecule has 26 heavy (non-hydrogen) atoms. The topological polar surface area (TPSA) is 47.6 Å². The van der Waals surface area contributed by atoms with Crippen molar-refractivity contribution < 1.29 is 18.7 Å². The molecule has 0 aromatic heterocycles. The first-order valence-electron chi connectivity index (χ1n) is 8.61. The highest BCUT2D eigenvalue weighted by Gasteiger charge is 2.18. The molecular weight excluding hydrogens is 333 g/mol. The van der Waals surface area contributed by atoms with Gasteiger partial charge in [-0.15, -0.1) is 0 Å². The van der Waals surface area contributed by atoms with Gasteiger partial charge in [-0.05, 0) is 66.8 Å². The maximum absolute atomic E-state index is 13.8. The van der Waals surface area contributed by atoms with Crippen LogP contribution in [0.4, 0.5) is 4.39 Å². The van der Waals surface area contributed by atoms with Gasteiger partial charge < -0.3 is 14.8 Å². The number of benzene rings is 2. The third kappa shape index (κ3) is 4.15. The lowest BCUT2D eigenvalue weighted by atomic mass is 9.93. The van der Waals surface area contributed by atoms with E-state index in [9.17, 15) is 9.18 Å². The molecule has 0 radical (unpaired) electrons. The summed E-state index contributed by atoms with van der Waals surface area (Å²) in [5.41, 5.74) is 3.38. The molecule has 0 unspecified atom stereocenters. The summed E-state index contributed by atoms with van der Waals surface area (Å²) in [7, 11) is 3.04. The molecule has 2 aromatic rings. The van der Waals surface area contributed by atoms with Crippen molar-refractivity contribution in [2.75, 3.05) is 14.2 Å². The zero-order valence-corrected chi connectivity index (χ0v) is 16.1. The Morgan fingerprint density at radius 2 is 1.65 bits per heavy atom. The number of carbonyl (C=O) groups excluding carboxylic acids is 1. The van der Waals surface area contributed by atoms with E-state index in [1.807, 2.05) is 19.9 Å².